The number of halogens is 3. The van der Waals surface area contributed by atoms with Crippen molar-refractivity contribution in [1.82, 2.24) is 0 Å². The van der Waals surface area contributed by atoms with Gasteiger partial charge in [-0.05, 0) is 0 Å². The molecule has 0 aromatic heterocycles. The Morgan fingerprint density at radius 2 is 0.611 bits per heavy atom. The van der Waals surface area contributed by atoms with Crippen LogP contribution in [0.25, 0.3) is 0 Å². The average Bonchev–Trinajstić information content (AvgIpc) is 1.41. The minimum absolute atomic E-state index is 0. The van der Waals surface area contributed by atoms with Crippen LogP contribution >= 0.6 is 54.6 Å². The van der Waals surface area contributed by atoms with Gasteiger partial charge in [0, 0.05) is 20.8 Å². The van der Waals surface area contributed by atoms with Gasteiger partial charge in [0.05, 0.1) is 0 Å². The van der Waals surface area contributed by atoms with Crippen LogP contribution in [0.4, 0.5) is 0 Å². The van der Waals surface area contributed by atoms with Gasteiger partial charge in [0.2, 0.25) is 0 Å². The topological polar surface area (TPSA) is 190 Å². The Hall–Kier alpha value is 5.63. The molecule has 0 heterocycles. The van der Waals surface area contributed by atoms with Crippen LogP contribution in [0.3, 0.4) is 0 Å². The summed E-state index contributed by atoms with van der Waals surface area (Å²) in [5.74, 6) is 0. The molecule has 0 N–H and O–H groups in total. The molecular weight excluding hydrogens is 608 g/mol. The van der Waals surface area contributed by atoms with E-state index in [9.17, 15) is 0 Å². The van der Waals surface area contributed by atoms with Gasteiger partial charge >= 0.3 is 132 Å². The number of hydrogen-bond donors (Lipinski definition) is 0. The van der Waals surface area contributed by atoms with Gasteiger partial charge in [0.1, 0.15) is 0 Å². The molecule has 0 rings (SSSR count). The summed E-state index contributed by atoms with van der Waals surface area (Å²) in [4.78, 5) is 53.2. The first kappa shape index (κ1) is 38.9. The minimum Gasteiger partial charge on any atom is -0.799 e. The maximum absolute atomic E-state index is 8.87. The van der Waals surface area contributed by atoms with Crippen molar-refractivity contribution in [3.63, 3.8) is 0 Å². The van der Waals surface area contributed by atoms with Crippen LogP contribution in [0.15, 0.2) is 0 Å². The van der Waals surface area contributed by atoms with Crippen molar-refractivity contribution < 1.29 is 43.1 Å². The predicted molar refractivity (Wildman–Crippen MR) is 57.6 cm³/mol. The first-order valence-corrected chi connectivity index (χ1v) is 9.49. The third-order valence-corrected chi connectivity index (χ3v) is 0. The van der Waals surface area contributed by atoms with Crippen LogP contribution in [-0.4, -0.2) is 132 Å². The zero-order valence-corrected chi connectivity index (χ0v) is 23.3. The molecule has 9 nitrogen and oxygen atoms in total. The smallest absolute Gasteiger partial charge is 0.799 e. The Kier molecular flexibility index (Phi) is 41.0. The molecule has 0 atom stereocenters. The molecule has 0 radical (unpaired) electrons. The SMILES string of the molecule is O=P([O-])([O-])Cl.O=P([O-])([O-])Cl.O=P([O-])([O-])Cl.[Ba+2].[Ca+2].[Sr+2]. The number of hydrogen-bond acceptors (Lipinski definition) is 9. The molecule has 0 unspecified atom stereocenters. The van der Waals surface area contributed by atoms with Gasteiger partial charge in [-0.1, -0.05) is 33.7 Å². The Balaban J connectivity index is -0.0000000277. The second-order valence-corrected chi connectivity index (χ2v) is 7.60. The van der Waals surface area contributed by atoms with Gasteiger partial charge < -0.3 is 43.1 Å². The van der Waals surface area contributed by atoms with Crippen LogP contribution in [0.1, 0.15) is 0 Å². The van der Waals surface area contributed by atoms with Crippen molar-refractivity contribution >= 4 is 187 Å². The van der Waals surface area contributed by atoms with Gasteiger partial charge in [-0.2, -0.15) is 0 Å². The molecule has 0 spiro atoms. The van der Waals surface area contributed by atoms with E-state index < -0.39 is 20.8 Å². The second-order valence-electron chi connectivity index (χ2n) is 1.29. The maximum atomic E-state index is 8.87. The minimum atomic E-state index is -4.67. The van der Waals surface area contributed by atoms with E-state index in [1.54, 1.807) is 0 Å². The fourth-order valence-corrected chi connectivity index (χ4v) is 0. The summed E-state index contributed by atoms with van der Waals surface area (Å²) in [6, 6.07) is 0. The first-order chi connectivity index (χ1) is 6.00. The van der Waals surface area contributed by atoms with Crippen LogP contribution in [-0.2, 0) is 13.7 Å². The second kappa shape index (κ2) is 19.0. The molecule has 0 saturated heterocycles. The Morgan fingerprint density at radius 1 is 0.611 bits per heavy atom. The van der Waals surface area contributed by atoms with E-state index in [4.69, 9.17) is 43.1 Å². The first-order valence-electron chi connectivity index (χ1n) is 2.15. The molecule has 0 aliphatic rings. The molecule has 0 aliphatic heterocycles. The van der Waals surface area contributed by atoms with Crippen molar-refractivity contribution in [1.29, 1.82) is 0 Å². The van der Waals surface area contributed by atoms with Crippen molar-refractivity contribution in [2.75, 3.05) is 0 Å². The molecule has 0 fully saturated rings. The molecule has 0 bridgehead atoms. The fraction of sp³-hybridized carbons (Fsp3) is 0. The summed E-state index contributed by atoms with van der Waals surface area (Å²) in [6.07, 6.45) is 0. The Labute approximate surface area is 224 Å². The van der Waals surface area contributed by atoms with Crippen LogP contribution < -0.4 is 29.4 Å². The van der Waals surface area contributed by atoms with Gasteiger partial charge in [0.15, 0.2) is 0 Å². The zero-order valence-electron chi connectivity index (χ0n) is 8.27. The van der Waals surface area contributed by atoms with Crippen LogP contribution in [0.2, 0.25) is 0 Å². The normalized spacial score (nSPS) is 9.83. The van der Waals surface area contributed by atoms with Crippen LogP contribution in [0, 0.1) is 0 Å². The molecule has 0 aromatic carbocycles. The molecule has 96 valence electrons. The summed E-state index contributed by atoms with van der Waals surface area (Å²) >= 11 is 11.9. The third kappa shape index (κ3) is 290. The average molecular weight is 608 g/mol. The standard InChI is InChI=1S/Ba.Ca.3ClH2O3P.Sr/c;;3*1-5(2,3)4;/h;;3*(H2,2,3,4);/q2*+2;;;;+2/p-6. The molecule has 0 saturated carbocycles. The Bertz CT molecular complexity index is 223. The van der Waals surface area contributed by atoms with Crippen molar-refractivity contribution in [2.45, 2.75) is 0 Å². The molecule has 18 heavy (non-hydrogen) atoms. The summed E-state index contributed by atoms with van der Waals surface area (Å²) in [6.45, 7) is -14.0. The quantitative estimate of drug-likeness (QED) is 0.195. The van der Waals surface area contributed by atoms with Crippen molar-refractivity contribution in [2.24, 2.45) is 0 Å². The van der Waals surface area contributed by atoms with Crippen molar-refractivity contribution in [3.8, 4) is 0 Å². The van der Waals surface area contributed by atoms with E-state index in [2.05, 4.69) is 33.7 Å². The van der Waals surface area contributed by atoms with E-state index in [0.717, 1.165) is 0 Å². The van der Waals surface area contributed by atoms with Gasteiger partial charge in [-0.25, -0.2) is 0 Å². The van der Waals surface area contributed by atoms with Crippen molar-refractivity contribution in [3.05, 3.63) is 0 Å². The van der Waals surface area contributed by atoms with Gasteiger partial charge in [-0.3, -0.25) is 0 Å². The maximum Gasteiger partial charge on any atom is 2.00 e. The number of rotatable bonds is 0. The summed E-state index contributed by atoms with van der Waals surface area (Å²) in [5, 5.41) is 0. The fourth-order valence-electron chi connectivity index (χ4n) is 0. The summed E-state index contributed by atoms with van der Waals surface area (Å²) in [5.41, 5.74) is 0. The molecular formula is BaCaCl3O9P3Sr. The van der Waals surface area contributed by atoms with Gasteiger partial charge in [0.25, 0.3) is 0 Å². The van der Waals surface area contributed by atoms with E-state index in [1.807, 2.05) is 0 Å². The predicted octanol–water partition coefficient (Wildman–Crippen LogP) is -3.98. The van der Waals surface area contributed by atoms with E-state index >= 15 is 0 Å². The molecule has 0 aliphatic carbocycles. The van der Waals surface area contributed by atoms with E-state index in [1.165, 1.54) is 0 Å². The molecule has 0 aromatic rings. The molecule has 18 heteroatoms. The van der Waals surface area contributed by atoms with E-state index in [-0.39, 0.29) is 132 Å². The van der Waals surface area contributed by atoms with E-state index in [0.29, 0.717) is 0 Å². The third-order valence-electron chi connectivity index (χ3n) is 0. The summed E-state index contributed by atoms with van der Waals surface area (Å²) in [7, 11) is 0. The zero-order chi connectivity index (χ0) is 13.5. The van der Waals surface area contributed by atoms with Gasteiger partial charge in [-0.15, -0.1) is 0 Å². The monoisotopic (exact) mass is 608 g/mol. The Morgan fingerprint density at radius 3 is 0.611 bits per heavy atom. The summed E-state index contributed by atoms with van der Waals surface area (Å²) < 4.78 is 26.6. The molecule has 0 amide bonds. The van der Waals surface area contributed by atoms with Crippen LogP contribution in [0.5, 0.6) is 0 Å². The largest absolute Gasteiger partial charge is 2.00 e.